The standard InChI is InChI=1S/C25H21N3O3S/c1-16-9-3-4-10-17(16)25(2)23(30)27(24(31)26-25)15-22(29)28-18-11-5-7-13-20(18)32-21-14-8-6-12-19(21)28/h3-14H,15H2,1-2H3,(H,26,31). The van der Waals surface area contributed by atoms with Crippen molar-refractivity contribution in [2.45, 2.75) is 29.2 Å². The van der Waals surface area contributed by atoms with E-state index in [9.17, 15) is 14.4 Å². The number of hydrogen-bond acceptors (Lipinski definition) is 4. The van der Waals surface area contributed by atoms with Crippen molar-refractivity contribution in [3.05, 3.63) is 83.9 Å². The molecule has 6 nitrogen and oxygen atoms in total. The molecule has 7 heteroatoms. The minimum atomic E-state index is -1.21. The SMILES string of the molecule is Cc1ccccc1C1(C)NC(=O)N(CC(=O)N2c3ccccc3Sc3ccccc32)C1=O. The molecule has 0 spiro atoms. The Morgan fingerprint density at radius 2 is 1.47 bits per heavy atom. The van der Waals surface area contributed by atoms with Crippen molar-refractivity contribution in [1.82, 2.24) is 10.2 Å². The molecule has 0 aliphatic carbocycles. The smallest absolute Gasteiger partial charge is 0.319 e. The molecule has 1 saturated heterocycles. The van der Waals surface area contributed by atoms with Gasteiger partial charge in [-0.3, -0.25) is 19.4 Å². The van der Waals surface area contributed by atoms with Crippen molar-refractivity contribution >= 4 is 41.0 Å². The van der Waals surface area contributed by atoms with Crippen molar-refractivity contribution in [3.63, 3.8) is 0 Å². The number of nitrogens with zero attached hydrogens (tertiary/aromatic N) is 2. The van der Waals surface area contributed by atoms with Gasteiger partial charge in [0.25, 0.3) is 11.8 Å². The third-order valence-corrected chi connectivity index (χ3v) is 7.06. The van der Waals surface area contributed by atoms with Crippen molar-refractivity contribution in [2.24, 2.45) is 0 Å². The van der Waals surface area contributed by atoms with Crippen LogP contribution in [0.15, 0.2) is 82.6 Å². The minimum Gasteiger partial charge on any atom is -0.319 e. The molecule has 160 valence electrons. The van der Waals surface area contributed by atoms with E-state index in [-0.39, 0.29) is 12.5 Å². The Labute approximate surface area is 190 Å². The first kappa shape index (κ1) is 20.3. The zero-order valence-corrected chi connectivity index (χ0v) is 18.5. The fourth-order valence-corrected chi connectivity index (χ4v) is 5.39. The minimum absolute atomic E-state index is 0.345. The lowest BCUT2D eigenvalue weighted by molar-refractivity contribution is -0.134. The highest BCUT2D eigenvalue weighted by Gasteiger charge is 2.50. The molecule has 0 radical (unpaired) electrons. The van der Waals surface area contributed by atoms with Gasteiger partial charge in [0.05, 0.1) is 11.4 Å². The Bertz CT molecular complexity index is 1230. The number of hydrogen-bond donors (Lipinski definition) is 1. The molecule has 1 unspecified atom stereocenters. The van der Waals surface area contributed by atoms with Crippen LogP contribution in [0.1, 0.15) is 18.1 Å². The van der Waals surface area contributed by atoms with E-state index in [1.54, 1.807) is 23.6 Å². The van der Waals surface area contributed by atoms with Crippen LogP contribution in [0.25, 0.3) is 0 Å². The first-order valence-electron chi connectivity index (χ1n) is 10.3. The Kier molecular flexibility index (Phi) is 4.78. The first-order chi connectivity index (χ1) is 15.4. The quantitative estimate of drug-likeness (QED) is 0.601. The fraction of sp³-hybridized carbons (Fsp3) is 0.160. The highest BCUT2D eigenvalue weighted by Crippen LogP contribution is 2.48. The third kappa shape index (κ3) is 3.08. The Balaban J connectivity index is 1.48. The molecule has 3 aromatic carbocycles. The second-order valence-electron chi connectivity index (χ2n) is 8.03. The fourth-order valence-electron chi connectivity index (χ4n) is 4.34. The molecule has 1 atom stereocenters. The number of urea groups is 1. The number of para-hydroxylation sites is 2. The van der Waals surface area contributed by atoms with Crippen LogP contribution < -0.4 is 10.2 Å². The molecule has 3 aromatic rings. The maximum atomic E-state index is 13.5. The number of nitrogens with one attached hydrogen (secondary N) is 1. The largest absolute Gasteiger partial charge is 0.325 e. The Hall–Kier alpha value is -3.58. The molecule has 2 aliphatic heterocycles. The van der Waals surface area contributed by atoms with E-state index in [0.29, 0.717) is 0 Å². The van der Waals surface area contributed by atoms with E-state index in [1.807, 2.05) is 79.7 Å². The van der Waals surface area contributed by atoms with E-state index in [0.717, 1.165) is 37.2 Å². The molecule has 32 heavy (non-hydrogen) atoms. The van der Waals surface area contributed by atoms with Gasteiger partial charge in [-0.1, -0.05) is 60.3 Å². The van der Waals surface area contributed by atoms with Crippen LogP contribution in [-0.2, 0) is 15.1 Å². The lowest BCUT2D eigenvalue weighted by atomic mass is 9.88. The number of amides is 4. The van der Waals surface area contributed by atoms with Crippen LogP contribution in [0.2, 0.25) is 0 Å². The monoisotopic (exact) mass is 443 g/mol. The van der Waals surface area contributed by atoms with Gasteiger partial charge in [-0.25, -0.2) is 4.79 Å². The van der Waals surface area contributed by atoms with E-state index >= 15 is 0 Å². The summed E-state index contributed by atoms with van der Waals surface area (Å²) in [5.41, 5.74) is 1.90. The second-order valence-corrected chi connectivity index (χ2v) is 9.11. The number of benzene rings is 3. The first-order valence-corrected chi connectivity index (χ1v) is 11.1. The molecule has 0 aromatic heterocycles. The molecule has 1 N–H and O–H groups in total. The summed E-state index contributed by atoms with van der Waals surface area (Å²) >= 11 is 1.59. The maximum absolute atomic E-state index is 13.5. The lowest BCUT2D eigenvalue weighted by Crippen LogP contribution is -2.44. The number of carbonyl (C=O) groups excluding carboxylic acids is 3. The van der Waals surface area contributed by atoms with Crippen molar-refractivity contribution in [3.8, 4) is 0 Å². The molecule has 0 saturated carbocycles. The van der Waals surface area contributed by atoms with Crippen LogP contribution in [0.4, 0.5) is 16.2 Å². The molecular weight excluding hydrogens is 422 g/mol. The molecular formula is C25H21N3O3S. The van der Waals surface area contributed by atoms with Crippen molar-refractivity contribution in [2.75, 3.05) is 11.4 Å². The summed E-state index contributed by atoms with van der Waals surface area (Å²) < 4.78 is 0. The van der Waals surface area contributed by atoms with Crippen molar-refractivity contribution < 1.29 is 14.4 Å². The zero-order valence-electron chi connectivity index (χ0n) is 17.7. The van der Waals surface area contributed by atoms with Crippen LogP contribution in [-0.4, -0.2) is 29.3 Å². The summed E-state index contributed by atoms with van der Waals surface area (Å²) in [5, 5.41) is 2.80. The van der Waals surface area contributed by atoms with E-state index in [4.69, 9.17) is 0 Å². The highest BCUT2D eigenvalue weighted by atomic mass is 32.2. The third-order valence-electron chi connectivity index (χ3n) is 5.93. The lowest BCUT2D eigenvalue weighted by Gasteiger charge is -2.32. The highest BCUT2D eigenvalue weighted by molar-refractivity contribution is 7.99. The summed E-state index contributed by atoms with van der Waals surface area (Å²) in [6, 6.07) is 22.1. The Morgan fingerprint density at radius 3 is 2.09 bits per heavy atom. The van der Waals surface area contributed by atoms with Gasteiger partial charge < -0.3 is 5.32 Å². The van der Waals surface area contributed by atoms with Crippen LogP contribution in [0.3, 0.4) is 0 Å². The second kappa shape index (κ2) is 7.53. The number of imide groups is 1. The van der Waals surface area contributed by atoms with Crippen LogP contribution >= 0.6 is 11.8 Å². The molecule has 4 amide bonds. The van der Waals surface area contributed by atoms with Gasteiger partial charge in [0.1, 0.15) is 12.1 Å². The molecule has 1 fully saturated rings. The predicted octanol–water partition coefficient (Wildman–Crippen LogP) is 4.59. The zero-order chi connectivity index (χ0) is 22.5. The number of fused-ring (bicyclic) bond motifs is 2. The summed E-state index contributed by atoms with van der Waals surface area (Å²) in [6.07, 6.45) is 0. The summed E-state index contributed by atoms with van der Waals surface area (Å²) in [4.78, 5) is 44.2. The van der Waals surface area contributed by atoms with E-state index < -0.39 is 17.5 Å². The maximum Gasteiger partial charge on any atom is 0.325 e. The van der Waals surface area contributed by atoms with Gasteiger partial charge in [-0.2, -0.15) is 0 Å². The summed E-state index contributed by atoms with van der Waals surface area (Å²) in [6.45, 7) is 3.23. The van der Waals surface area contributed by atoms with Gasteiger partial charge in [-0.05, 0) is 49.2 Å². The molecule has 2 aliphatic rings. The molecule has 2 heterocycles. The van der Waals surface area contributed by atoms with Gasteiger partial charge in [0.2, 0.25) is 0 Å². The molecule has 0 bridgehead atoms. The normalized spacial score (nSPS) is 19.4. The van der Waals surface area contributed by atoms with Gasteiger partial charge >= 0.3 is 6.03 Å². The topological polar surface area (TPSA) is 69.7 Å². The van der Waals surface area contributed by atoms with Crippen molar-refractivity contribution in [1.29, 1.82) is 0 Å². The summed E-state index contributed by atoms with van der Waals surface area (Å²) in [5.74, 6) is -0.777. The number of anilines is 2. The van der Waals surface area contributed by atoms with Crippen LogP contribution in [0.5, 0.6) is 0 Å². The van der Waals surface area contributed by atoms with Crippen LogP contribution in [0, 0.1) is 6.92 Å². The number of rotatable bonds is 3. The van der Waals surface area contributed by atoms with Gasteiger partial charge in [-0.15, -0.1) is 0 Å². The number of carbonyl (C=O) groups is 3. The van der Waals surface area contributed by atoms with E-state index in [2.05, 4.69) is 5.32 Å². The number of aryl methyl sites for hydroxylation is 1. The summed E-state index contributed by atoms with van der Waals surface area (Å²) in [7, 11) is 0. The average Bonchev–Trinajstić information content (AvgIpc) is 3.01. The average molecular weight is 444 g/mol. The van der Waals surface area contributed by atoms with E-state index in [1.165, 1.54) is 0 Å². The predicted molar refractivity (Wildman–Crippen MR) is 123 cm³/mol. The molecule has 5 rings (SSSR count). The van der Waals surface area contributed by atoms with Gasteiger partial charge in [0.15, 0.2) is 0 Å². The van der Waals surface area contributed by atoms with Gasteiger partial charge in [0, 0.05) is 9.79 Å². The Morgan fingerprint density at radius 1 is 0.906 bits per heavy atom.